The van der Waals surface area contributed by atoms with Crippen LogP contribution < -0.4 is 4.74 Å². The molecule has 0 saturated heterocycles. The van der Waals surface area contributed by atoms with Gasteiger partial charge in [0.2, 0.25) is 0 Å². The summed E-state index contributed by atoms with van der Waals surface area (Å²) >= 11 is 0. The van der Waals surface area contributed by atoms with Crippen molar-refractivity contribution in [3.63, 3.8) is 0 Å². The Morgan fingerprint density at radius 3 is 1.81 bits per heavy atom. The number of ether oxygens (including phenoxy) is 1. The monoisotopic (exact) mass is 274 g/mol. The molecule has 1 nitrogen and oxygen atoms in total. The second kappa shape index (κ2) is 6.27. The quantitative estimate of drug-likeness (QED) is 0.617. The zero-order valence-corrected chi connectivity index (χ0v) is 12.1. The summed E-state index contributed by atoms with van der Waals surface area (Å²) in [5, 5.41) is 0. The lowest BCUT2D eigenvalue weighted by atomic mass is 9.99. The fraction of sp³-hybridized carbons (Fsp3) is 0.100. The summed E-state index contributed by atoms with van der Waals surface area (Å²) in [5.74, 6) is 0.917. The van der Waals surface area contributed by atoms with Crippen LogP contribution in [0.4, 0.5) is 0 Å². The zero-order valence-electron chi connectivity index (χ0n) is 12.1. The number of hydrogen-bond donors (Lipinski definition) is 0. The van der Waals surface area contributed by atoms with Crippen molar-refractivity contribution >= 4 is 0 Å². The molecule has 3 rings (SSSR count). The van der Waals surface area contributed by atoms with Gasteiger partial charge in [0, 0.05) is 0 Å². The van der Waals surface area contributed by atoms with Gasteiger partial charge in [-0.1, -0.05) is 60.7 Å². The fourth-order valence-corrected chi connectivity index (χ4v) is 2.42. The molecule has 0 unspecified atom stereocenters. The Kier molecular flexibility index (Phi) is 4.02. The molecule has 104 valence electrons. The van der Waals surface area contributed by atoms with Crippen LogP contribution in [0.1, 0.15) is 6.92 Å². The summed E-state index contributed by atoms with van der Waals surface area (Å²) in [6.07, 6.45) is 0. The average Bonchev–Trinajstić information content (AvgIpc) is 2.57. The Morgan fingerprint density at radius 2 is 1.19 bits per heavy atom. The highest BCUT2D eigenvalue weighted by Crippen LogP contribution is 2.27. The largest absolute Gasteiger partial charge is 0.494 e. The second-order valence-electron chi connectivity index (χ2n) is 4.90. The van der Waals surface area contributed by atoms with Gasteiger partial charge in [0.15, 0.2) is 0 Å². The highest BCUT2D eigenvalue weighted by atomic mass is 16.5. The molecule has 0 bridgehead atoms. The van der Waals surface area contributed by atoms with Crippen molar-refractivity contribution in [2.24, 2.45) is 0 Å². The molecule has 0 fully saturated rings. The lowest BCUT2D eigenvalue weighted by molar-refractivity contribution is 0.340. The molecule has 0 saturated carbocycles. The molecule has 0 aliphatic heterocycles. The predicted molar refractivity (Wildman–Crippen MR) is 88.5 cm³/mol. The van der Waals surface area contributed by atoms with E-state index >= 15 is 0 Å². The van der Waals surface area contributed by atoms with Gasteiger partial charge in [-0.3, -0.25) is 0 Å². The van der Waals surface area contributed by atoms with Crippen LogP contribution in [-0.4, -0.2) is 6.61 Å². The van der Waals surface area contributed by atoms with E-state index in [9.17, 15) is 0 Å². The van der Waals surface area contributed by atoms with Crippen molar-refractivity contribution in [2.75, 3.05) is 6.61 Å². The van der Waals surface area contributed by atoms with E-state index in [1.807, 2.05) is 25.1 Å². The predicted octanol–water partition coefficient (Wildman–Crippen LogP) is 5.42. The maximum absolute atomic E-state index is 5.49. The molecule has 21 heavy (non-hydrogen) atoms. The van der Waals surface area contributed by atoms with E-state index < -0.39 is 0 Å². The third-order valence-corrected chi connectivity index (χ3v) is 3.47. The zero-order chi connectivity index (χ0) is 14.5. The Bertz CT molecular complexity index is 699. The van der Waals surface area contributed by atoms with Crippen LogP contribution in [0.5, 0.6) is 5.75 Å². The highest BCUT2D eigenvalue weighted by Gasteiger charge is 2.02. The van der Waals surface area contributed by atoms with E-state index in [2.05, 4.69) is 60.7 Å². The van der Waals surface area contributed by atoms with Gasteiger partial charge in [-0.15, -0.1) is 0 Å². The van der Waals surface area contributed by atoms with Gasteiger partial charge in [0.05, 0.1) is 6.61 Å². The van der Waals surface area contributed by atoms with Gasteiger partial charge in [-0.25, -0.2) is 0 Å². The molecule has 0 amide bonds. The summed E-state index contributed by atoms with van der Waals surface area (Å²) < 4.78 is 5.49. The van der Waals surface area contributed by atoms with Crippen LogP contribution in [0.25, 0.3) is 22.3 Å². The van der Waals surface area contributed by atoms with Gasteiger partial charge in [-0.05, 0) is 47.4 Å². The molecule has 0 aromatic heterocycles. The average molecular weight is 274 g/mol. The fourth-order valence-electron chi connectivity index (χ4n) is 2.42. The third kappa shape index (κ3) is 3.14. The summed E-state index contributed by atoms with van der Waals surface area (Å²) in [5.41, 5.74) is 4.91. The van der Waals surface area contributed by atoms with E-state index in [1.54, 1.807) is 0 Å². The van der Waals surface area contributed by atoms with Crippen LogP contribution in [0.15, 0.2) is 78.9 Å². The molecule has 0 aliphatic rings. The minimum Gasteiger partial charge on any atom is -0.494 e. The Hall–Kier alpha value is -2.54. The first-order valence-corrected chi connectivity index (χ1v) is 7.25. The standard InChI is InChI=1S/C20H18O/c1-2-21-20-13-11-17(12-14-20)19-10-6-9-18(15-19)16-7-4-3-5-8-16/h3-15H,2H2,1H3. The third-order valence-electron chi connectivity index (χ3n) is 3.47. The SMILES string of the molecule is CCOc1ccc(-c2cccc(-c3ccccc3)c2)cc1. The first kappa shape index (κ1) is 13.4. The Labute approximate surface area is 125 Å². The van der Waals surface area contributed by atoms with Crippen LogP contribution >= 0.6 is 0 Å². The van der Waals surface area contributed by atoms with Crippen molar-refractivity contribution < 1.29 is 4.74 Å². The van der Waals surface area contributed by atoms with E-state index in [1.165, 1.54) is 22.3 Å². The lowest BCUT2D eigenvalue weighted by Crippen LogP contribution is -1.90. The van der Waals surface area contributed by atoms with Crippen molar-refractivity contribution in [2.45, 2.75) is 6.92 Å². The van der Waals surface area contributed by atoms with E-state index in [-0.39, 0.29) is 0 Å². The van der Waals surface area contributed by atoms with Gasteiger partial charge >= 0.3 is 0 Å². The summed E-state index contributed by atoms with van der Waals surface area (Å²) in [4.78, 5) is 0. The number of hydrogen-bond acceptors (Lipinski definition) is 1. The van der Waals surface area contributed by atoms with Crippen molar-refractivity contribution in [1.82, 2.24) is 0 Å². The van der Waals surface area contributed by atoms with E-state index in [0.29, 0.717) is 6.61 Å². The molecular formula is C20H18O. The second-order valence-corrected chi connectivity index (χ2v) is 4.90. The van der Waals surface area contributed by atoms with E-state index in [4.69, 9.17) is 4.74 Å². The summed E-state index contributed by atoms with van der Waals surface area (Å²) in [7, 11) is 0. The van der Waals surface area contributed by atoms with Crippen LogP contribution in [0.2, 0.25) is 0 Å². The molecule has 0 spiro atoms. The topological polar surface area (TPSA) is 9.23 Å². The smallest absolute Gasteiger partial charge is 0.119 e. The molecule has 3 aromatic rings. The van der Waals surface area contributed by atoms with Crippen LogP contribution in [0.3, 0.4) is 0 Å². The minimum atomic E-state index is 0.697. The minimum absolute atomic E-state index is 0.697. The van der Waals surface area contributed by atoms with E-state index in [0.717, 1.165) is 5.75 Å². The molecule has 0 radical (unpaired) electrons. The molecule has 0 aliphatic carbocycles. The highest BCUT2D eigenvalue weighted by molar-refractivity contribution is 5.73. The Morgan fingerprint density at radius 1 is 0.619 bits per heavy atom. The van der Waals surface area contributed by atoms with Crippen molar-refractivity contribution in [1.29, 1.82) is 0 Å². The first-order chi connectivity index (χ1) is 10.4. The molecule has 0 atom stereocenters. The normalized spacial score (nSPS) is 10.3. The maximum atomic E-state index is 5.49. The van der Waals surface area contributed by atoms with Crippen molar-refractivity contribution in [3.05, 3.63) is 78.9 Å². The molecule has 0 N–H and O–H groups in total. The van der Waals surface area contributed by atoms with Crippen LogP contribution in [-0.2, 0) is 0 Å². The lowest BCUT2D eigenvalue weighted by Gasteiger charge is -2.07. The summed E-state index contributed by atoms with van der Waals surface area (Å²) in [6, 6.07) is 27.3. The first-order valence-electron chi connectivity index (χ1n) is 7.25. The molecular weight excluding hydrogens is 256 g/mol. The maximum Gasteiger partial charge on any atom is 0.119 e. The molecule has 3 aromatic carbocycles. The van der Waals surface area contributed by atoms with Crippen molar-refractivity contribution in [3.8, 4) is 28.0 Å². The van der Waals surface area contributed by atoms with Gasteiger partial charge in [-0.2, -0.15) is 0 Å². The number of benzene rings is 3. The molecule has 1 heteroatoms. The number of rotatable bonds is 4. The van der Waals surface area contributed by atoms with Gasteiger partial charge < -0.3 is 4.74 Å². The molecule has 0 heterocycles. The van der Waals surface area contributed by atoms with Gasteiger partial charge in [0.1, 0.15) is 5.75 Å². The Balaban J connectivity index is 1.92. The van der Waals surface area contributed by atoms with Gasteiger partial charge in [0.25, 0.3) is 0 Å². The van der Waals surface area contributed by atoms with Crippen LogP contribution in [0, 0.1) is 0 Å². The summed E-state index contributed by atoms with van der Waals surface area (Å²) in [6.45, 7) is 2.69.